The maximum atomic E-state index is 5.53. The molecule has 0 radical (unpaired) electrons. The molecule has 2 rings (SSSR count). The maximum absolute atomic E-state index is 5.53. The van der Waals surface area contributed by atoms with Crippen LogP contribution in [0.25, 0.3) is 11.5 Å². The number of rotatable bonds is 2. The second-order valence-electron chi connectivity index (χ2n) is 2.31. The number of nitrogens with zero attached hydrogens (tertiary/aromatic N) is 6. The summed E-state index contributed by atoms with van der Waals surface area (Å²) in [4.78, 5) is 7.95. The molecule has 0 amide bonds. The second kappa shape index (κ2) is 3.85. The molecule has 2 aromatic heterocycles. The summed E-state index contributed by atoms with van der Waals surface area (Å²) in [5, 5.41) is 11.3. The lowest BCUT2D eigenvalue weighted by Crippen LogP contribution is -2.00. The van der Waals surface area contributed by atoms with E-state index >= 15 is 0 Å². The summed E-state index contributed by atoms with van der Waals surface area (Å²) in [7, 11) is 0. The van der Waals surface area contributed by atoms with Crippen LogP contribution in [0, 0.1) is 0 Å². The number of hydrogen-bond donors (Lipinski definition) is 0. The van der Waals surface area contributed by atoms with Crippen LogP contribution < -0.4 is 0 Å². The highest BCUT2D eigenvalue weighted by atomic mass is 35.5. The molecule has 0 aliphatic carbocycles. The van der Waals surface area contributed by atoms with Crippen LogP contribution in [0.5, 0.6) is 0 Å². The Bertz CT molecular complexity index is 413. The van der Waals surface area contributed by atoms with Gasteiger partial charge in [-0.2, -0.15) is 0 Å². The van der Waals surface area contributed by atoms with Gasteiger partial charge in [-0.3, -0.25) is 0 Å². The third kappa shape index (κ3) is 1.80. The van der Waals surface area contributed by atoms with Gasteiger partial charge in [-0.05, 0) is 11.3 Å². The first-order valence-electron chi connectivity index (χ1n) is 3.61. The van der Waals surface area contributed by atoms with Crippen LogP contribution in [0.3, 0.4) is 0 Å². The lowest BCUT2D eigenvalue weighted by Gasteiger charge is -1.94. The number of halogens is 2. The van der Waals surface area contributed by atoms with Crippen molar-refractivity contribution in [3.8, 4) is 11.5 Å². The molecule has 0 N–H and O–H groups in total. The molecule has 2 aromatic rings. The molecule has 2 heterocycles. The van der Waals surface area contributed by atoms with Crippen molar-refractivity contribution < 1.29 is 0 Å². The highest BCUT2D eigenvalue weighted by Gasteiger charge is 2.10. The molecule has 0 aromatic carbocycles. The fourth-order valence-electron chi connectivity index (χ4n) is 0.833. The van der Waals surface area contributed by atoms with Crippen molar-refractivity contribution in [1.29, 1.82) is 0 Å². The van der Waals surface area contributed by atoms with Crippen LogP contribution in [-0.4, -0.2) is 30.2 Å². The first-order chi connectivity index (χ1) is 6.77. The van der Waals surface area contributed by atoms with Crippen LogP contribution >= 0.6 is 23.2 Å². The Kier molecular flexibility index (Phi) is 2.55. The van der Waals surface area contributed by atoms with Crippen LogP contribution in [0.4, 0.5) is 0 Å². The maximum Gasteiger partial charge on any atom is 0.223 e. The van der Waals surface area contributed by atoms with Crippen molar-refractivity contribution >= 4 is 23.2 Å². The minimum absolute atomic E-state index is 0.360. The van der Waals surface area contributed by atoms with E-state index in [1.54, 1.807) is 12.3 Å². The third-order valence-electron chi connectivity index (χ3n) is 1.41. The van der Waals surface area contributed by atoms with Crippen LogP contribution in [0.1, 0.15) is 4.96 Å². The van der Waals surface area contributed by atoms with Gasteiger partial charge in [0.25, 0.3) is 0 Å². The van der Waals surface area contributed by atoms with Crippen molar-refractivity contribution in [2.24, 2.45) is 0 Å². The number of aromatic nitrogens is 6. The second-order valence-corrected chi connectivity index (χ2v) is 3.36. The standard InChI is InChI=1S/C6H4Cl2N6/c7-6(8)14-12-5(11-13-14)4-1-2-9-3-10-4/h1-3,6H. The van der Waals surface area contributed by atoms with Gasteiger partial charge in [-0.25, -0.2) is 9.97 Å². The first kappa shape index (κ1) is 9.29. The molecule has 0 fully saturated rings. The lowest BCUT2D eigenvalue weighted by atomic mass is 10.4. The van der Waals surface area contributed by atoms with Gasteiger partial charge in [-0.15, -0.1) is 15.0 Å². The Morgan fingerprint density at radius 3 is 2.79 bits per heavy atom. The number of alkyl halides is 2. The van der Waals surface area contributed by atoms with Gasteiger partial charge >= 0.3 is 0 Å². The van der Waals surface area contributed by atoms with Gasteiger partial charge in [0.15, 0.2) is 0 Å². The third-order valence-corrected chi connectivity index (χ3v) is 1.76. The highest BCUT2D eigenvalue weighted by molar-refractivity contribution is 6.41. The van der Waals surface area contributed by atoms with Gasteiger partial charge in [-0.1, -0.05) is 23.2 Å². The van der Waals surface area contributed by atoms with E-state index in [9.17, 15) is 0 Å². The first-order valence-corrected chi connectivity index (χ1v) is 4.48. The molecule has 8 heteroatoms. The van der Waals surface area contributed by atoms with E-state index in [0.29, 0.717) is 11.5 Å². The molecule has 72 valence electrons. The van der Waals surface area contributed by atoms with Crippen molar-refractivity contribution in [1.82, 2.24) is 30.2 Å². The average Bonchev–Trinajstić information content (AvgIpc) is 2.68. The lowest BCUT2D eigenvalue weighted by molar-refractivity contribution is 0.597. The van der Waals surface area contributed by atoms with E-state index in [1.807, 2.05) is 0 Å². The highest BCUT2D eigenvalue weighted by Crippen LogP contribution is 2.15. The Balaban J connectivity index is 2.34. The Hall–Kier alpha value is -1.27. The van der Waals surface area contributed by atoms with Crippen molar-refractivity contribution in [3.05, 3.63) is 18.6 Å². The number of tetrazole rings is 1. The number of hydrogen-bond acceptors (Lipinski definition) is 5. The zero-order valence-electron chi connectivity index (χ0n) is 6.75. The summed E-state index contributed by atoms with van der Waals surface area (Å²) in [6.07, 6.45) is 2.98. The normalized spacial score (nSPS) is 10.8. The molecule has 0 spiro atoms. The quantitative estimate of drug-likeness (QED) is 0.723. The summed E-state index contributed by atoms with van der Waals surface area (Å²) in [5.74, 6) is 0.360. The average molecular weight is 231 g/mol. The Labute approximate surface area is 88.9 Å². The van der Waals surface area contributed by atoms with Gasteiger partial charge in [0.05, 0.1) is 0 Å². The molecular weight excluding hydrogens is 227 g/mol. The fraction of sp³-hybridized carbons (Fsp3) is 0.167. The van der Waals surface area contributed by atoms with Gasteiger partial charge in [0.2, 0.25) is 10.8 Å². The summed E-state index contributed by atoms with van der Waals surface area (Å²) in [6.45, 7) is 0. The van der Waals surface area contributed by atoms with E-state index in [1.165, 1.54) is 6.33 Å². The molecule has 0 unspecified atom stereocenters. The van der Waals surface area contributed by atoms with Gasteiger partial charge in [0, 0.05) is 6.20 Å². The topological polar surface area (TPSA) is 69.4 Å². The minimum atomic E-state index is -0.849. The molecule has 0 aliphatic heterocycles. The van der Waals surface area contributed by atoms with E-state index in [4.69, 9.17) is 23.2 Å². The SMILES string of the molecule is ClC(Cl)n1nnc(-c2ccncn2)n1. The summed E-state index contributed by atoms with van der Waals surface area (Å²) in [6, 6.07) is 1.67. The summed E-state index contributed by atoms with van der Waals surface area (Å²) in [5.41, 5.74) is 0.570. The van der Waals surface area contributed by atoms with E-state index in [2.05, 4.69) is 25.4 Å². The van der Waals surface area contributed by atoms with E-state index in [0.717, 1.165) is 4.80 Å². The molecule has 14 heavy (non-hydrogen) atoms. The van der Waals surface area contributed by atoms with Gasteiger partial charge < -0.3 is 0 Å². The van der Waals surface area contributed by atoms with Crippen LogP contribution in [-0.2, 0) is 0 Å². The molecule has 0 saturated carbocycles. The van der Waals surface area contributed by atoms with Crippen LogP contribution in [0.15, 0.2) is 18.6 Å². The minimum Gasteiger partial charge on any atom is -0.245 e. The fourth-order valence-corrected chi connectivity index (χ4v) is 0.999. The molecule has 0 aliphatic rings. The van der Waals surface area contributed by atoms with Crippen molar-refractivity contribution in [3.63, 3.8) is 0 Å². The van der Waals surface area contributed by atoms with Crippen molar-refractivity contribution in [2.45, 2.75) is 4.96 Å². The van der Waals surface area contributed by atoms with Crippen LogP contribution in [0.2, 0.25) is 0 Å². The van der Waals surface area contributed by atoms with E-state index < -0.39 is 4.96 Å². The summed E-state index contributed by atoms with van der Waals surface area (Å²) < 4.78 is 0. The molecule has 0 bridgehead atoms. The van der Waals surface area contributed by atoms with Crippen molar-refractivity contribution in [2.75, 3.05) is 0 Å². The molecule has 6 nitrogen and oxygen atoms in total. The van der Waals surface area contributed by atoms with Gasteiger partial charge in [0.1, 0.15) is 12.0 Å². The molecule has 0 saturated heterocycles. The molecule has 0 atom stereocenters. The zero-order valence-corrected chi connectivity index (χ0v) is 8.26. The van der Waals surface area contributed by atoms with E-state index in [-0.39, 0.29) is 0 Å². The Morgan fingerprint density at radius 2 is 2.21 bits per heavy atom. The smallest absolute Gasteiger partial charge is 0.223 e. The largest absolute Gasteiger partial charge is 0.245 e. The predicted molar refractivity (Wildman–Crippen MR) is 49.6 cm³/mol. The summed E-state index contributed by atoms with van der Waals surface area (Å²) >= 11 is 11.1. The monoisotopic (exact) mass is 230 g/mol. The Morgan fingerprint density at radius 1 is 1.36 bits per heavy atom. The predicted octanol–water partition coefficient (Wildman–Crippen LogP) is 1.06. The zero-order chi connectivity index (χ0) is 9.97. The molecular formula is C6H4Cl2N6.